The van der Waals surface area contributed by atoms with Crippen molar-refractivity contribution in [3.05, 3.63) is 58.7 Å². The molecule has 0 spiro atoms. The van der Waals surface area contributed by atoms with E-state index in [4.69, 9.17) is 4.74 Å². The number of para-hydroxylation sites is 1. The highest BCUT2D eigenvalue weighted by molar-refractivity contribution is 5.85. The van der Waals surface area contributed by atoms with Gasteiger partial charge in [-0.3, -0.25) is 4.79 Å². The fraction of sp³-hybridized carbons (Fsp3) is 0.222. The minimum atomic E-state index is -0.367. The number of phenolic OH excluding ortho intramolecular Hbond substituents is 1. The summed E-state index contributed by atoms with van der Waals surface area (Å²) in [6.07, 6.45) is 1.40. The van der Waals surface area contributed by atoms with Gasteiger partial charge in [-0.05, 0) is 44.0 Å². The predicted octanol–water partition coefficient (Wildman–Crippen LogP) is 2.85. The Labute approximate surface area is 135 Å². The molecule has 2 aromatic carbocycles. The molecule has 5 nitrogen and oxygen atoms in total. The normalized spacial score (nSPS) is 10.7. The second-order valence-corrected chi connectivity index (χ2v) is 5.36. The van der Waals surface area contributed by atoms with Crippen LogP contribution in [-0.2, 0) is 4.79 Å². The number of benzene rings is 2. The number of amides is 1. The number of ether oxygens (including phenoxy) is 1. The highest BCUT2D eigenvalue weighted by Crippen LogP contribution is 2.19. The van der Waals surface area contributed by atoms with Crippen molar-refractivity contribution in [1.82, 2.24) is 5.43 Å². The quantitative estimate of drug-likeness (QED) is 0.659. The minimum Gasteiger partial charge on any atom is -0.507 e. The number of hydrogen-bond donors (Lipinski definition) is 2. The summed E-state index contributed by atoms with van der Waals surface area (Å²) in [6, 6.07) is 11.1. The van der Waals surface area contributed by atoms with Gasteiger partial charge in [-0.1, -0.05) is 29.8 Å². The molecule has 0 saturated carbocycles. The molecule has 0 saturated heterocycles. The van der Waals surface area contributed by atoms with Crippen LogP contribution in [0.15, 0.2) is 41.5 Å². The van der Waals surface area contributed by atoms with Crippen molar-refractivity contribution in [3.63, 3.8) is 0 Å². The van der Waals surface area contributed by atoms with E-state index in [1.165, 1.54) is 6.21 Å². The molecule has 120 valence electrons. The lowest BCUT2D eigenvalue weighted by molar-refractivity contribution is -0.123. The molecule has 0 bridgehead atoms. The Morgan fingerprint density at radius 3 is 2.74 bits per heavy atom. The van der Waals surface area contributed by atoms with Gasteiger partial charge in [0.25, 0.3) is 5.91 Å². The van der Waals surface area contributed by atoms with Crippen molar-refractivity contribution in [2.24, 2.45) is 5.10 Å². The average molecular weight is 312 g/mol. The lowest BCUT2D eigenvalue weighted by Crippen LogP contribution is -2.24. The summed E-state index contributed by atoms with van der Waals surface area (Å²) in [7, 11) is 0. The SMILES string of the molecule is Cc1ccc(OCC(=O)N/N=C\c2cccc(C)c2O)c(C)c1. The second kappa shape index (κ2) is 7.45. The summed E-state index contributed by atoms with van der Waals surface area (Å²) in [5, 5.41) is 13.7. The standard InChI is InChI=1S/C18H20N2O3/c1-12-7-8-16(14(3)9-12)23-11-17(21)20-19-10-15-6-4-5-13(2)18(15)22/h4-10,22H,11H2,1-3H3,(H,20,21)/b19-10-. The van der Waals surface area contributed by atoms with E-state index in [1.54, 1.807) is 19.1 Å². The summed E-state index contributed by atoms with van der Waals surface area (Å²) in [5.74, 6) is 0.455. The molecule has 0 atom stereocenters. The number of aryl methyl sites for hydroxylation is 3. The molecule has 2 N–H and O–H groups in total. The van der Waals surface area contributed by atoms with Gasteiger partial charge >= 0.3 is 0 Å². The molecule has 2 rings (SSSR count). The number of carbonyl (C=O) groups excluding carboxylic acids is 1. The number of hydrogen-bond acceptors (Lipinski definition) is 4. The van der Waals surface area contributed by atoms with Crippen LogP contribution in [0.1, 0.15) is 22.3 Å². The Hall–Kier alpha value is -2.82. The third-order valence-electron chi connectivity index (χ3n) is 3.35. The van der Waals surface area contributed by atoms with E-state index in [0.29, 0.717) is 11.3 Å². The zero-order valence-electron chi connectivity index (χ0n) is 13.5. The van der Waals surface area contributed by atoms with E-state index in [2.05, 4.69) is 10.5 Å². The third-order valence-corrected chi connectivity index (χ3v) is 3.35. The summed E-state index contributed by atoms with van der Waals surface area (Å²) in [6.45, 7) is 5.60. The molecule has 0 aliphatic carbocycles. The van der Waals surface area contributed by atoms with Crippen LogP contribution in [0, 0.1) is 20.8 Å². The van der Waals surface area contributed by atoms with Crippen LogP contribution in [0.3, 0.4) is 0 Å². The Bertz CT molecular complexity index is 739. The zero-order valence-corrected chi connectivity index (χ0v) is 13.5. The van der Waals surface area contributed by atoms with Crippen LogP contribution in [-0.4, -0.2) is 23.8 Å². The van der Waals surface area contributed by atoms with Crippen LogP contribution in [0.5, 0.6) is 11.5 Å². The molecule has 0 aliphatic rings. The van der Waals surface area contributed by atoms with Crippen molar-refractivity contribution in [2.45, 2.75) is 20.8 Å². The number of rotatable bonds is 5. The lowest BCUT2D eigenvalue weighted by atomic mass is 10.1. The maximum atomic E-state index is 11.7. The maximum Gasteiger partial charge on any atom is 0.277 e. The number of carbonyl (C=O) groups is 1. The fourth-order valence-corrected chi connectivity index (χ4v) is 2.10. The van der Waals surface area contributed by atoms with Gasteiger partial charge in [0.15, 0.2) is 6.61 Å². The van der Waals surface area contributed by atoms with Gasteiger partial charge in [0.05, 0.1) is 6.21 Å². The van der Waals surface area contributed by atoms with Crippen molar-refractivity contribution in [1.29, 1.82) is 0 Å². The molecule has 0 aliphatic heterocycles. The summed E-state index contributed by atoms with van der Waals surface area (Å²) >= 11 is 0. The fourth-order valence-electron chi connectivity index (χ4n) is 2.10. The van der Waals surface area contributed by atoms with E-state index >= 15 is 0 Å². The van der Waals surface area contributed by atoms with Crippen molar-refractivity contribution in [2.75, 3.05) is 6.61 Å². The third kappa shape index (κ3) is 4.57. The van der Waals surface area contributed by atoms with Crippen molar-refractivity contribution in [3.8, 4) is 11.5 Å². The Kier molecular flexibility index (Phi) is 5.36. The lowest BCUT2D eigenvalue weighted by Gasteiger charge is -2.08. The van der Waals surface area contributed by atoms with Gasteiger partial charge in [0.1, 0.15) is 11.5 Å². The van der Waals surface area contributed by atoms with Crippen LogP contribution >= 0.6 is 0 Å². The Balaban J connectivity index is 1.87. The Morgan fingerprint density at radius 1 is 1.22 bits per heavy atom. The minimum absolute atomic E-state index is 0.124. The molecule has 23 heavy (non-hydrogen) atoms. The van der Waals surface area contributed by atoms with Gasteiger partial charge < -0.3 is 9.84 Å². The first-order valence-corrected chi connectivity index (χ1v) is 7.28. The number of aromatic hydroxyl groups is 1. The molecular formula is C18H20N2O3. The van der Waals surface area contributed by atoms with E-state index in [9.17, 15) is 9.90 Å². The Morgan fingerprint density at radius 2 is 2.00 bits per heavy atom. The van der Waals surface area contributed by atoms with E-state index in [1.807, 2.05) is 38.1 Å². The molecule has 5 heteroatoms. The zero-order chi connectivity index (χ0) is 16.8. The van der Waals surface area contributed by atoms with Crippen molar-refractivity contribution < 1.29 is 14.6 Å². The van der Waals surface area contributed by atoms with Gasteiger partial charge in [-0.15, -0.1) is 0 Å². The summed E-state index contributed by atoms with van der Waals surface area (Å²) in [4.78, 5) is 11.7. The van der Waals surface area contributed by atoms with Crippen LogP contribution in [0.2, 0.25) is 0 Å². The number of phenols is 1. The molecule has 0 unspecified atom stereocenters. The second-order valence-electron chi connectivity index (χ2n) is 5.36. The van der Waals surface area contributed by atoms with E-state index in [0.717, 1.165) is 16.7 Å². The largest absolute Gasteiger partial charge is 0.507 e. The van der Waals surface area contributed by atoms with Crippen LogP contribution < -0.4 is 10.2 Å². The highest BCUT2D eigenvalue weighted by atomic mass is 16.5. The number of nitrogens with zero attached hydrogens (tertiary/aromatic N) is 1. The van der Waals surface area contributed by atoms with E-state index < -0.39 is 0 Å². The average Bonchev–Trinajstić information content (AvgIpc) is 2.50. The number of hydrazone groups is 1. The molecular weight excluding hydrogens is 292 g/mol. The molecule has 0 radical (unpaired) electrons. The smallest absolute Gasteiger partial charge is 0.277 e. The van der Waals surface area contributed by atoms with Gasteiger partial charge in [-0.25, -0.2) is 5.43 Å². The topological polar surface area (TPSA) is 70.9 Å². The summed E-state index contributed by atoms with van der Waals surface area (Å²) in [5.41, 5.74) is 5.78. The first-order valence-electron chi connectivity index (χ1n) is 7.28. The molecule has 2 aromatic rings. The highest BCUT2D eigenvalue weighted by Gasteiger charge is 2.05. The molecule has 0 aromatic heterocycles. The van der Waals surface area contributed by atoms with Crippen molar-refractivity contribution >= 4 is 12.1 Å². The van der Waals surface area contributed by atoms with Gasteiger partial charge in [-0.2, -0.15) is 5.10 Å². The number of nitrogens with one attached hydrogen (secondary N) is 1. The monoisotopic (exact) mass is 312 g/mol. The first kappa shape index (κ1) is 16.5. The van der Waals surface area contributed by atoms with E-state index in [-0.39, 0.29) is 18.3 Å². The molecule has 0 fully saturated rings. The van der Waals surface area contributed by atoms with Gasteiger partial charge in [0.2, 0.25) is 0 Å². The summed E-state index contributed by atoms with van der Waals surface area (Å²) < 4.78 is 5.46. The van der Waals surface area contributed by atoms with Gasteiger partial charge in [0, 0.05) is 5.56 Å². The maximum absolute atomic E-state index is 11.7. The predicted molar refractivity (Wildman–Crippen MR) is 90.0 cm³/mol. The molecule has 0 heterocycles. The first-order chi connectivity index (χ1) is 11.0. The molecule has 1 amide bonds. The van der Waals surface area contributed by atoms with Crippen LogP contribution in [0.25, 0.3) is 0 Å². The van der Waals surface area contributed by atoms with Crippen LogP contribution in [0.4, 0.5) is 0 Å².